The Bertz CT molecular complexity index is 1170. The topological polar surface area (TPSA) is 44.8 Å². The molecule has 4 atom stereocenters. The van der Waals surface area contributed by atoms with E-state index in [1.54, 1.807) is 0 Å². The van der Waals surface area contributed by atoms with Gasteiger partial charge >= 0.3 is 5.97 Å². The van der Waals surface area contributed by atoms with Crippen molar-refractivity contribution in [2.24, 2.45) is 11.8 Å². The summed E-state index contributed by atoms with van der Waals surface area (Å²) in [5, 5.41) is 0.0376. The Hall–Kier alpha value is -2.00. The molecule has 1 saturated heterocycles. The average Bonchev–Trinajstić information content (AvgIpc) is 3.10. The summed E-state index contributed by atoms with van der Waals surface area (Å²) in [6.07, 6.45) is 1.38. The summed E-state index contributed by atoms with van der Waals surface area (Å²) < 4.78 is 20.3. The van der Waals surface area contributed by atoms with Crippen LogP contribution < -0.4 is 0 Å². The van der Waals surface area contributed by atoms with E-state index in [4.69, 9.17) is 13.6 Å². The highest BCUT2D eigenvalue weighted by Crippen LogP contribution is 2.58. The van der Waals surface area contributed by atoms with Gasteiger partial charge in [-0.2, -0.15) is 0 Å². The molecule has 0 N–H and O–H groups in total. The summed E-state index contributed by atoms with van der Waals surface area (Å²) in [6.45, 7) is 22.5. The van der Waals surface area contributed by atoms with Crippen molar-refractivity contribution < 1.29 is 18.4 Å². The van der Waals surface area contributed by atoms with Gasteiger partial charge in [-0.1, -0.05) is 96.1 Å². The summed E-state index contributed by atoms with van der Waals surface area (Å²) in [5.41, 5.74) is 3.20. The van der Waals surface area contributed by atoms with Gasteiger partial charge < -0.3 is 13.6 Å². The van der Waals surface area contributed by atoms with Gasteiger partial charge in [0.2, 0.25) is 0 Å². The molecule has 0 spiro atoms. The van der Waals surface area contributed by atoms with Crippen LogP contribution in [0, 0.1) is 11.8 Å². The van der Waals surface area contributed by atoms with Gasteiger partial charge in [-0.05, 0) is 59.0 Å². The van der Waals surface area contributed by atoms with Crippen molar-refractivity contribution in [1.29, 1.82) is 0 Å². The summed E-state index contributed by atoms with van der Waals surface area (Å²) in [6, 6.07) is 18.5. The molecule has 1 fully saturated rings. The largest absolute Gasteiger partial charge is 0.430 e. The third-order valence-corrected chi connectivity index (χ3v) is 17.9. The highest BCUT2D eigenvalue weighted by Gasteiger charge is 2.58. The summed E-state index contributed by atoms with van der Waals surface area (Å²) in [5.74, 6) is -0.224. The smallest absolute Gasteiger partial charge is 0.317 e. The van der Waals surface area contributed by atoms with Crippen LogP contribution in [-0.4, -0.2) is 22.6 Å². The van der Waals surface area contributed by atoms with Gasteiger partial charge in [0.05, 0.1) is 24.0 Å². The van der Waals surface area contributed by atoms with Crippen LogP contribution in [0.4, 0.5) is 0 Å². The molecule has 1 aliphatic heterocycles. The van der Waals surface area contributed by atoms with Crippen molar-refractivity contribution in [3.8, 4) is 0 Å². The highest BCUT2D eigenvalue weighted by molar-refractivity contribution is 6.74. The van der Waals surface area contributed by atoms with Crippen molar-refractivity contribution in [3.05, 3.63) is 77.0 Å². The number of ether oxygens (including phenoxy) is 1. The molecule has 0 radical (unpaired) electrons. The number of benzene rings is 2. The zero-order valence-electron chi connectivity index (χ0n) is 24.2. The van der Waals surface area contributed by atoms with E-state index < -0.39 is 22.6 Å². The van der Waals surface area contributed by atoms with Crippen molar-refractivity contribution >= 4 is 28.7 Å². The molecule has 4 rings (SSSR count). The molecule has 2 aromatic rings. The van der Waals surface area contributed by atoms with E-state index in [1.165, 1.54) is 0 Å². The molecule has 0 unspecified atom stereocenters. The SMILES string of the molecule is CC(C)(C)[Si](C)(C)O[C@@H]1c2ccccc2[C@H](O[Si](C)(C)C(C)(C)C)[C@@H]2/C(=C/c3ccccc3)OC(=O)[C@@H]21. The monoisotopic (exact) mass is 536 g/mol. The molecule has 37 heavy (non-hydrogen) atoms. The van der Waals surface area contributed by atoms with Gasteiger partial charge in [-0.25, -0.2) is 0 Å². The van der Waals surface area contributed by atoms with Gasteiger partial charge in [0, 0.05) is 0 Å². The Morgan fingerprint density at radius 2 is 1.14 bits per heavy atom. The molecule has 0 amide bonds. The highest BCUT2D eigenvalue weighted by atomic mass is 28.4. The number of carbonyl (C=O) groups excluding carboxylic acids is 1. The normalized spacial score (nSPS) is 25.6. The third kappa shape index (κ3) is 5.31. The van der Waals surface area contributed by atoms with Crippen LogP contribution in [0.15, 0.2) is 60.4 Å². The lowest BCUT2D eigenvalue weighted by molar-refractivity contribution is -0.143. The lowest BCUT2D eigenvalue weighted by Gasteiger charge is -2.47. The Labute approximate surface area is 225 Å². The Kier molecular flexibility index (Phi) is 7.30. The van der Waals surface area contributed by atoms with Crippen LogP contribution in [0.1, 0.15) is 70.4 Å². The molecule has 6 heteroatoms. The van der Waals surface area contributed by atoms with Crippen molar-refractivity contribution in [3.63, 3.8) is 0 Å². The standard InChI is InChI=1S/C31H44O4Si2/c1-30(2,3)36(7,8)34-27-22-18-14-15-19-23(22)28(35-37(9,10)31(4,5)6)26-25(27)24(33-29(26)32)20-21-16-12-11-13-17-21/h11-20,25-28H,1-10H3/b24-20-/t25-,26+,27+,28-/m1/s1. The fourth-order valence-electron chi connectivity index (χ4n) is 4.74. The van der Waals surface area contributed by atoms with Gasteiger partial charge in [-0.3, -0.25) is 4.79 Å². The van der Waals surface area contributed by atoms with E-state index in [2.05, 4.69) is 85.9 Å². The number of carbonyl (C=O) groups is 1. The fourth-order valence-corrected chi connectivity index (χ4v) is 7.27. The van der Waals surface area contributed by atoms with Crippen LogP contribution in [0.3, 0.4) is 0 Å². The molecule has 1 aliphatic carbocycles. The minimum Gasteiger partial charge on any atom is -0.430 e. The van der Waals surface area contributed by atoms with Crippen molar-refractivity contribution in [1.82, 2.24) is 0 Å². The first-order chi connectivity index (χ1) is 17.0. The molecule has 200 valence electrons. The number of fused-ring (bicyclic) bond motifs is 2. The predicted octanol–water partition coefficient (Wildman–Crippen LogP) is 8.66. The molecule has 2 aliphatic rings. The minimum atomic E-state index is -2.20. The van der Waals surface area contributed by atoms with Crippen LogP contribution in [0.5, 0.6) is 0 Å². The Balaban J connectivity index is 1.90. The number of hydrogen-bond acceptors (Lipinski definition) is 4. The van der Waals surface area contributed by atoms with Crippen molar-refractivity contribution in [2.75, 3.05) is 0 Å². The lowest BCUT2D eigenvalue weighted by atomic mass is 9.72. The lowest BCUT2D eigenvalue weighted by Crippen LogP contribution is -2.48. The maximum atomic E-state index is 13.7. The first kappa shape index (κ1) is 28.0. The first-order valence-electron chi connectivity index (χ1n) is 13.5. The van der Waals surface area contributed by atoms with Gasteiger partial charge in [0.25, 0.3) is 0 Å². The van der Waals surface area contributed by atoms with Crippen LogP contribution >= 0.6 is 0 Å². The number of rotatable bonds is 5. The van der Waals surface area contributed by atoms with Crippen LogP contribution in [-0.2, 0) is 18.4 Å². The quantitative estimate of drug-likeness (QED) is 0.283. The molecule has 0 bridgehead atoms. The number of hydrogen-bond donors (Lipinski definition) is 0. The first-order valence-corrected chi connectivity index (χ1v) is 19.3. The fraction of sp³-hybridized carbons (Fsp3) is 0.516. The zero-order chi connectivity index (χ0) is 27.4. The molecule has 0 saturated carbocycles. The van der Waals surface area contributed by atoms with E-state index in [9.17, 15) is 4.79 Å². The Morgan fingerprint density at radius 3 is 1.59 bits per heavy atom. The van der Waals surface area contributed by atoms with Crippen LogP contribution in [0.2, 0.25) is 36.3 Å². The van der Waals surface area contributed by atoms with Gasteiger partial charge in [0.15, 0.2) is 16.6 Å². The van der Waals surface area contributed by atoms with E-state index >= 15 is 0 Å². The van der Waals surface area contributed by atoms with Crippen molar-refractivity contribution in [2.45, 2.75) is 90.0 Å². The minimum absolute atomic E-state index is 0.0111. The maximum Gasteiger partial charge on any atom is 0.317 e. The third-order valence-electron chi connectivity index (χ3n) is 9.03. The van der Waals surface area contributed by atoms with Gasteiger partial charge in [0.1, 0.15) is 5.76 Å². The molecule has 4 nitrogen and oxygen atoms in total. The summed E-state index contributed by atoms with van der Waals surface area (Å²) in [4.78, 5) is 13.7. The van der Waals surface area contributed by atoms with E-state index in [1.807, 2.05) is 42.5 Å². The molecule has 1 heterocycles. The second-order valence-electron chi connectivity index (χ2n) is 13.7. The zero-order valence-corrected chi connectivity index (χ0v) is 26.2. The maximum absolute atomic E-state index is 13.7. The van der Waals surface area contributed by atoms with Crippen LogP contribution in [0.25, 0.3) is 6.08 Å². The average molecular weight is 537 g/mol. The summed E-state index contributed by atoms with van der Waals surface area (Å²) in [7, 11) is -4.39. The van der Waals surface area contributed by atoms with E-state index in [0.717, 1.165) is 16.7 Å². The number of cyclic esters (lactones) is 1. The Morgan fingerprint density at radius 1 is 0.703 bits per heavy atom. The van der Waals surface area contributed by atoms with Gasteiger partial charge in [-0.15, -0.1) is 0 Å². The molecule has 2 aromatic carbocycles. The summed E-state index contributed by atoms with van der Waals surface area (Å²) >= 11 is 0. The molecular formula is C31H44O4Si2. The second kappa shape index (κ2) is 9.63. The predicted molar refractivity (Wildman–Crippen MR) is 156 cm³/mol. The molecular weight excluding hydrogens is 493 g/mol. The van der Waals surface area contributed by atoms with E-state index in [-0.39, 0.29) is 34.2 Å². The molecule has 0 aromatic heterocycles. The number of esters is 1. The van der Waals surface area contributed by atoms with E-state index in [0.29, 0.717) is 5.76 Å². The second-order valence-corrected chi connectivity index (χ2v) is 23.2.